The fourth-order valence-electron chi connectivity index (χ4n) is 2.24. The molecule has 0 amide bonds. The molecule has 1 aliphatic heterocycles. The number of ether oxygens (including phenoxy) is 1. The van der Waals surface area contributed by atoms with Gasteiger partial charge in [0.1, 0.15) is 5.76 Å². The second-order valence-electron chi connectivity index (χ2n) is 5.53. The van der Waals surface area contributed by atoms with E-state index in [4.69, 9.17) is 14.3 Å². The zero-order chi connectivity index (χ0) is 13.9. The van der Waals surface area contributed by atoms with Gasteiger partial charge in [-0.2, -0.15) is 0 Å². The molecule has 1 saturated heterocycles. The van der Waals surface area contributed by atoms with Crippen molar-refractivity contribution in [3.63, 3.8) is 0 Å². The first kappa shape index (κ1) is 14.1. The summed E-state index contributed by atoms with van der Waals surface area (Å²) in [5, 5.41) is 12.2. The van der Waals surface area contributed by atoms with Crippen molar-refractivity contribution in [1.82, 2.24) is 5.32 Å². The molecule has 106 valence electrons. The number of carboxylic acid groups (broad SMARTS) is 1. The molecule has 0 bridgehead atoms. The molecule has 2 N–H and O–H groups in total. The Balaban J connectivity index is 1.89. The van der Waals surface area contributed by atoms with E-state index in [-0.39, 0.29) is 17.2 Å². The first-order valence-corrected chi connectivity index (χ1v) is 6.64. The van der Waals surface area contributed by atoms with Crippen LogP contribution in [0.15, 0.2) is 16.5 Å². The van der Waals surface area contributed by atoms with Crippen molar-refractivity contribution in [2.45, 2.75) is 32.7 Å². The van der Waals surface area contributed by atoms with Gasteiger partial charge in [-0.25, -0.2) is 4.79 Å². The van der Waals surface area contributed by atoms with Crippen LogP contribution in [0.2, 0.25) is 0 Å². The maximum absolute atomic E-state index is 10.8. The van der Waals surface area contributed by atoms with Gasteiger partial charge in [-0.3, -0.25) is 0 Å². The molecule has 1 unspecified atom stereocenters. The Bertz CT molecular complexity index is 434. The molecular weight excluding hydrogens is 246 g/mol. The van der Waals surface area contributed by atoms with Crippen molar-refractivity contribution < 1.29 is 19.1 Å². The molecule has 2 rings (SSSR count). The molecule has 5 heteroatoms. The largest absolute Gasteiger partial charge is 0.475 e. The number of carboxylic acids is 1. The van der Waals surface area contributed by atoms with Crippen molar-refractivity contribution in [2.24, 2.45) is 5.41 Å². The molecule has 0 radical (unpaired) electrons. The average Bonchev–Trinajstić information content (AvgIpc) is 2.87. The molecule has 1 atom stereocenters. The molecule has 5 nitrogen and oxygen atoms in total. The summed E-state index contributed by atoms with van der Waals surface area (Å²) in [5.74, 6) is -0.385. The van der Waals surface area contributed by atoms with Crippen LogP contribution in [0.3, 0.4) is 0 Å². The van der Waals surface area contributed by atoms with Crippen LogP contribution in [0, 0.1) is 5.41 Å². The lowest BCUT2D eigenvalue weighted by Crippen LogP contribution is -2.37. The molecule has 0 aliphatic carbocycles. The minimum Gasteiger partial charge on any atom is -0.475 e. The van der Waals surface area contributed by atoms with Crippen molar-refractivity contribution in [2.75, 3.05) is 19.8 Å². The third-order valence-electron chi connectivity index (χ3n) is 3.80. The van der Waals surface area contributed by atoms with Gasteiger partial charge in [-0.05, 0) is 37.3 Å². The number of hydrogen-bond acceptors (Lipinski definition) is 4. The zero-order valence-corrected chi connectivity index (χ0v) is 11.4. The van der Waals surface area contributed by atoms with Crippen LogP contribution in [0.4, 0.5) is 0 Å². The number of aromatic carboxylic acids is 1. The lowest BCUT2D eigenvalue weighted by molar-refractivity contribution is 0.0228. The molecule has 1 fully saturated rings. The van der Waals surface area contributed by atoms with Crippen LogP contribution in [0.25, 0.3) is 0 Å². The van der Waals surface area contributed by atoms with E-state index in [9.17, 15) is 4.79 Å². The summed E-state index contributed by atoms with van der Waals surface area (Å²) in [5.41, 5.74) is 0.245. The Kier molecular flexibility index (Phi) is 4.27. The summed E-state index contributed by atoms with van der Waals surface area (Å²) in [6, 6.07) is 3.21. The number of nitrogens with one attached hydrogen (secondary N) is 1. The minimum absolute atomic E-state index is 0.00719. The zero-order valence-electron chi connectivity index (χ0n) is 11.4. The fourth-order valence-corrected chi connectivity index (χ4v) is 2.24. The van der Waals surface area contributed by atoms with Gasteiger partial charge in [-0.15, -0.1) is 0 Å². The molecule has 2 heterocycles. The third kappa shape index (κ3) is 3.58. The second kappa shape index (κ2) is 5.75. The SMILES string of the molecule is CC(NCC1(C)CCOCC1)c1ccc(C(=O)O)o1. The van der Waals surface area contributed by atoms with Crippen molar-refractivity contribution in [1.29, 1.82) is 0 Å². The van der Waals surface area contributed by atoms with Gasteiger partial charge in [-0.1, -0.05) is 6.92 Å². The van der Waals surface area contributed by atoms with E-state index in [1.54, 1.807) is 6.07 Å². The lowest BCUT2D eigenvalue weighted by atomic mass is 9.82. The number of furan rings is 1. The second-order valence-corrected chi connectivity index (χ2v) is 5.53. The summed E-state index contributed by atoms with van der Waals surface area (Å²) in [4.78, 5) is 10.8. The van der Waals surface area contributed by atoms with Gasteiger partial charge in [0.25, 0.3) is 0 Å². The lowest BCUT2D eigenvalue weighted by Gasteiger charge is -2.34. The van der Waals surface area contributed by atoms with Gasteiger partial charge in [0.05, 0.1) is 6.04 Å². The smallest absolute Gasteiger partial charge is 0.371 e. The molecule has 1 aliphatic rings. The van der Waals surface area contributed by atoms with Gasteiger partial charge < -0.3 is 19.6 Å². The molecule has 1 aromatic rings. The maximum Gasteiger partial charge on any atom is 0.371 e. The fraction of sp³-hybridized carbons (Fsp3) is 0.643. The number of rotatable bonds is 5. The van der Waals surface area contributed by atoms with Crippen molar-refractivity contribution in [3.8, 4) is 0 Å². The van der Waals surface area contributed by atoms with Gasteiger partial charge >= 0.3 is 5.97 Å². The van der Waals surface area contributed by atoms with E-state index in [2.05, 4.69) is 12.2 Å². The van der Waals surface area contributed by atoms with Crippen LogP contribution in [0.1, 0.15) is 49.0 Å². The predicted octanol–water partition coefficient (Wildman–Crippen LogP) is 2.45. The maximum atomic E-state index is 10.8. The summed E-state index contributed by atoms with van der Waals surface area (Å²) in [7, 11) is 0. The molecule has 19 heavy (non-hydrogen) atoms. The molecule has 0 spiro atoms. The molecule has 0 saturated carbocycles. The standard InChI is InChI=1S/C14H21NO4/c1-10(11-3-4-12(19-11)13(16)17)15-9-14(2)5-7-18-8-6-14/h3-4,10,15H,5-9H2,1-2H3,(H,16,17). The van der Waals surface area contributed by atoms with E-state index in [0.717, 1.165) is 32.6 Å². The molecule has 0 aromatic carbocycles. The Hall–Kier alpha value is -1.33. The highest BCUT2D eigenvalue weighted by Gasteiger charge is 2.28. The summed E-state index contributed by atoms with van der Waals surface area (Å²) in [6.07, 6.45) is 2.09. The third-order valence-corrected chi connectivity index (χ3v) is 3.80. The molecular formula is C14H21NO4. The van der Waals surface area contributed by atoms with Crippen LogP contribution >= 0.6 is 0 Å². The topological polar surface area (TPSA) is 71.7 Å². The van der Waals surface area contributed by atoms with Crippen LogP contribution < -0.4 is 5.32 Å². The van der Waals surface area contributed by atoms with Gasteiger partial charge in [0.15, 0.2) is 0 Å². The van der Waals surface area contributed by atoms with E-state index >= 15 is 0 Å². The highest BCUT2D eigenvalue weighted by atomic mass is 16.5. The predicted molar refractivity (Wildman–Crippen MR) is 70.2 cm³/mol. The summed E-state index contributed by atoms with van der Waals surface area (Å²) < 4.78 is 10.7. The Morgan fingerprint density at radius 2 is 2.16 bits per heavy atom. The Morgan fingerprint density at radius 3 is 2.74 bits per heavy atom. The van der Waals surface area contributed by atoms with Crippen molar-refractivity contribution in [3.05, 3.63) is 23.7 Å². The van der Waals surface area contributed by atoms with Crippen LogP contribution in [-0.4, -0.2) is 30.8 Å². The number of hydrogen-bond donors (Lipinski definition) is 2. The van der Waals surface area contributed by atoms with E-state index in [0.29, 0.717) is 5.76 Å². The number of carbonyl (C=O) groups is 1. The monoisotopic (exact) mass is 267 g/mol. The average molecular weight is 267 g/mol. The highest BCUT2D eigenvalue weighted by molar-refractivity contribution is 5.84. The first-order valence-electron chi connectivity index (χ1n) is 6.64. The molecule has 1 aromatic heterocycles. The van der Waals surface area contributed by atoms with Crippen LogP contribution in [0.5, 0.6) is 0 Å². The van der Waals surface area contributed by atoms with E-state index in [1.807, 2.05) is 6.92 Å². The Morgan fingerprint density at radius 1 is 1.47 bits per heavy atom. The van der Waals surface area contributed by atoms with Gasteiger partial charge in [0, 0.05) is 19.8 Å². The van der Waals surface area contributed by atoms with Gasteiger partial charge in [0.2, 0.25) is 5.76 Å². The quantitative estimate of drug-likeness (QED) is 0.857. The minimum atomic E-state index is -1.03. The van der Waals surface area contributed by atoms with E-state index < -0.39 is 5.97 Å². The highest BCUT2D eigenvalue weighted by Crippen LogP contribution is 2.29. The van der Waals surface area contributed by atoms with Crippen LogP contribution in [-0.2, 0) is 4.74 Å². The normalized spacial score (nSPS) is 20.1. The first-order chi connectivity index (χ1) is 9.00. The Labute approximate surface area is 112 Å². The summed E-state index contributed by atoms with van der Waals surface area (Å²) in [6.45, 7) is 6.74. The van der Waals surface area contributed by atoms with E-state index in [1.165, 1.54) is 6.07 Å². The van der Waals surface area contributed by atoms with Crippen molar-refractivity contribution >= 4 is 5.97 Å². The summed E-state index contributed by atoms with van der Waals surface area (Å²) >= 11 is 0.